The minimum absolute atomic E-state index is 0.0730. The number of carbonyl (C=O) groups excluding carboxylic acids is 1. The van der Waals surface area contributed by atoms with Crippen LogP contribution in [-0.2, 0) is 4.79 Å². The van der Waals surface area contributed by atoms with Gasteiger partial charge in [0, 0.05) is 18.1 Å². The highest BCUT2D eigenvalue weighted by Gasteiger charge is 2.20. The number of rotatable bonds is 8. The van der Waals surface area contributed by atoms with Gasteiger partial charge in [-0.1, -0.05) is 22.9 Å². The van der Waals surface area contributed by atoms with Crippen LogP contribution in [0, 0.1) is 0 Å². The lowest BCUT2D eigenvalue weighted by molar-refractivity contribution is -0.120. The van der Waals surface area contributed by atoms with Crippen molar-refractivity contribution in [3.05, 3.63) is 47.5 Å². The van der Waals surface area contributed by atoms with E-state index in [0.29, 0.717) is 29.0 Å². The second-order valence-corrected chi connectivity index (χ2v) is 7.87. The molecule has 3 rings (SSSR count). The molecule has 6 nitrogen and oxygen atoms in total. The number of hydrogen-bond donors (Lipinski definition) is 0. The number of fused-ring (bicyclic) bond motifs is 1. The third-order valence-corrected chi connectivity index (χ3v) is 5.34. The number of thiazole rings is 1. The Morgan fingerprint density at radius 3 is 2.50 bits per heavy atom. The molecule has 148 valence electrons. The maximum absolute atomic E-state index is 12.9. The summed E-state index contributed by atoms with van der Waals surface area (Å²) in [4.78, 5) is 21.2. The highest BCUT2D eigenvalue weighted by molar-refractivity contribution is 7.22. The molecule has 0 bridgehead atoms. The Kier molecular flexibility index (Phi) is 6.72. The average molecular weight is 420 g/mol. The molecule has 0 saturated heterocycles. The summed E-state index contributed by atoms with van der Waals surface area (Å²) in [6.45, 7) is 1.16. The predicted octanol–water partition coefficient (Wildman–Crippen LogP) is 3.93. The summed E-state index contributed by atoms with van der Waals surface area (Å²) in [5, 5.41) is 1.29. The molecule has 0 aliphatic heterocycles. The molecule has 0 fully saturated rings. The van der Waals surface area contributed by atoms with Crippen LogP contribution >= 0.6 is 22.9 Å². The SMILES string of the molecule is COc1ccc(OCC(=O)N(CCN(C)C)c2nc3ccc(Cl)cc3s2)cc1. The Morgan fingerprint density at radius 1 is 1.11 bits per heavy atom. The van der Waals surface area contributed by atoms with Crippen molar-refractivity contribution in [2.24, 2.45) is 0 Å². The topological polar surface area (TPSA) is 54.9 Å². The molecule has 0 atom stereocenters. The molecular formula is C20H22ClN3O3S. The van der Waals surface area contributed by atoms with Crippen LogP contribution in [0.1, 0.15) is 0 Å². The van der Waals surface area contributed by atoms with Gasteiger partial charge in [0.15, 0.2) is 11.7 Å². The number of amides is 1. The Balaban J connectivity index is 1.76. The fraction of sp³-hybridized carbons (Fsp3) is 0.300. The van der Waals surface area contributed by atoms with Crippen molar-refractivity contribution < 1.29 is 14.3 Å². The van der Waals surface area contributed by atoms with Crippen molar-refractivity contribution in [2.75, 3.05) is 45.8 Å². The van der Waals surface area contributed by atoms with Crippen LogP contribution in [0.15, 0.2) is 42.5 Å². The lowest BCUT2D eigenvalue weighted by atomic mass is 10.3. The Hall–Kier alpha value is -2.35. The summed E-state index contributed by atoms with van der Waals surface area (Å²) < 4.78 is 11.7. The molecule has 0 radical (unpaired) electrons. The van der Waals surface area contributed by atoms with E-state index in [2.05, 4.69) is 4.98 Å². The lowest BCUT2D eigenvalue weighted by Crippen LogP contribution is -2.39. The van der Waals surface area contributed by atoms with Gasteiger partial charge in [-0.3, -0.25) is 9.69 Å². The number of nitrogens with zero attached hydrogens (tertiary/aromatic N) is 3. The highest BCUT2D eigenvalue weighted by atomic mass is 35.5. The normalized spacial score (nSPS) is 11.0. The van der Waals surface area contributed by atoms with Crippen molar-refractivity contribution >= 4 is 44.2 Å². The summed E-state index contributed by atoms with van der Waals surface area (Å²) in [6.07, 6.45) is 0. The first-order valence-electron chi connectivity index (χ1n) is 8.74. The third kappa shape index (κ3) is 5.13. The number of ether oxygens (including phenoxy) is 2. The van der Waals surface area contributed by atoms with Gasteiger partial charge in [-0.15, -0.1) is 0 Å². The first-order valence-corrected chi connectivity index (χ1v) is 9.94. The lowest BCUT2D eigenvalue weighted by Gasteiger charge is -2.22. The number of likely N-dealkylation sites (N-methyl/N-ethyl adjacent to an activating group) is 1. The van der Waals surface area contributed by atoms with Crippen molar-refractivity contribution in [1.29, 1.82) is 0 Å². The molecule has 1 heterocycles. The molecule has 0 unspecified atom stereocenters. The predicted molar refractivity (Wildman–Crippen MR) is 114 cm³/mol. The van der Waals surface area contributed by atoms with Gasteiger partial charge in [-0.2, -0.15) is 0 Å². The maximum atomic E-state index is 12.9. The molecule has 0 saturated carbocycles. The average Bonchev–Trinajstić information content (AvgIpc) is 3.09. The zero-order valence-corrected chi connectivity index (χ0v) is 17.6. The minimum Gasteiger partial charge on any atom is -0.497 e. The third-order valence-electron chi connectivity index (χ3n) is 4.06. The Labute approximate surface area is 173 Å². The smallest absolute Gasteiger partial charge is 0.266 e. The van der Waals surface area contributed by atoms with E-state index in [9.17, 15) is 4.79 Å². The van der Waals surface area contributed by atoms with Crippen molar-refractivity contribution in [2.45, 2.75) is 0 Å². The molecule has 1 amide bonds. The van der Waals surface area contributed by atoms with Gasteiger partial charge < -0.3 is 14.4 Å². The van der Waals surface area contributed by atoms with E-state index in [1.54, 1.807) is 42.3 Å². The molecule has 2 aromatic carbocycles. The van der Waals surface area contributed by atoms with Gasteiger partial charge in [0.05, 0.1) is 17.3 Å². The number of anilines is 1. The van der Waals surface area contributed by atoms with Gasteiger partial charge in [0.25, 0.3) is 5.91 Å². The van der Waals surface area contributed by atoms with Gasteiger partial charge in [0.2, 0.25) is 0 Å². The fourth-order valence-electron chi connectivity index (χ4n) is 2.52. The second kappa shape index (κ2) is 9.23. The zero-order chi connectivity index (χ0) is 20.1. The molecular weight excluding hydrogens is 398 g/mol. The number of methoxy groups -OCH3 is 1. The van der Waals surface area contributed by atoms with Crippen LogP contribution in [0.5, 0.6) is 11.5 Å². The number of aromatic nitrogens is 1. The van der Waals surface area contributed by atoms with Crippen LogP contribution in [0.2, 0.25) is 5.02 Å². The summed E-state index contributed by atoms with van der Waals surface area (Å²) in [5.41, 5.74) is 0.822. The molecule has 0 aliphatic carbocycles. The molecule has 1 aromatic heterocycles. The van der Waals surface area contributed by atoms with Crippen molar-refractivity contribution in [3.63, 3.8) is 0 Å². The van der Waals surface area contributed by atoms with Crippen LogP contribution in [0.25, 0.3) is 10.2 Å². The summed E-state index contributed by atoms with van der Waals surface area (Å²) in [7, 11) is 5.54. The van der Waals surface area contributed by atoms with E-state index in [1.807, 2.05) is 31.1 Å². The van der Waals surface area contributed by atoms with Crippen LogP contribution in [0.4, 0.5) is 5.13 Å². The zero-order valence-electron chi connectivity index (χ0n) is 16.0. The van der Waals surface area contributed by atoms with E-state index < -0.39 is 0 Å². The van der Waals surface area contributed by atoms with Crippen LogP contribution in [-0.4, -0.2) is 56.7 Å². The molecule has 0 aliphatic rings. The number of benzene rings is 2. The van der Waals surface area contributed by atoms with Gasteiger partial charge >= 0.3 is 0 Å². The standard InChI is InChI=1S/C20H22ClN3O3S/c1-23(2)10-11-24(20-22-17-9-4-14(21)12-18(17)28-20)19(25)13-27-16-7-5-15(26-3)6-8-16/h4-9,12H,10-11,13H2,1-3H3. The fourth-order valence-corrected chi connectivity index (χ4v) is 3.81. The van der Waals surface area contributed by atoms with Gasteiger partial charge in [-0.05, 0) is 56.6 Å². The molecule has 3 aromatic rings. The summed E-state index contributed by atoms with van der Waals surface area (Å²) in [5.74, 6) is 1.19. The monoisotopic (exact) mass is 419 g/mol. The largest absolute Gasteiger partial charge is 0.497 e. The summed E-state index contributed by atoms with van der Waals surface area (Å²) in [6, 6.07) is 12.7. The van der Waals surface area contributed by atoms with E-state index in [0.717, 1.165) is 16.0 Å². The highest BCUT2D eigenvalue weighted by Crippen LogP contribution is 2.31. The molecule has 0 spiro atoms. The van der Waals surface area contributed by atoms with Crippen LogP contribution in [0.3, 0.4) is 0 Å². The first-order chi connectivity index (χ1) is 13.5. The van der Waals surface area contributed by atoms with E-state index in [4.69, 9.17) is 21.1 Å². The van der Waals surface area contributed by atoms with E-state index >= 15 is 0 Å². The number of carbonyl (C=O) groups is 1. The Bertz CT molecular complexity index is 944. The van der Waals surface area contributed by atoms with Crippen molar-refractivity contribution in [1.82, 2.24) is 9.88 Å². The molecule has 0 N–H and O–H groups in total. The van der Waals surface area contributed by atoms with E-state index in [1.165, 1.54) is 11.3 Å². The molecule has 28 heavy (non-hydrogen) atoms. The first kappa shape index (κ1) is 20.4. The minimum atomic E-state index is -0.150. The van der Waals surface area contributed by atoms with Gasteiger partial charge in [0.1, 0.15) is 11.5 Å². The number of hydrogen-bond acceptors (Lipinski definition) is 6. The van der Waals surface area contributed by atoms with E-state index in [-0.39, 0.29) is 12.5 Å². The second-order valence-electron chi connectivity index (χ2n) is 6.42. The quantitative estimate of drug-likeness (QED) is 0.553. The Morgan fingerprint density at radius 2 is 1.82 bits per heavy atom. The van der Waals surface area contributed by atoms with Crippen molar-refractivity contribution in [3.8, 4) is 11.5 Å². The number of halogens is 1. The maximum Gasteiger partial charge on any atom is 0.266 e. The van der Waals surface area contributed by atoms with Crippen LogP contribution < -0.4 is 14.4 Å². The molecule has 8 heteroatoms. The van der Waals surface area contributed by atoms with Gasteiger partial charge in [-0.25, -0.2) is 4.98 Å². The summed E-state index contributed by atoms with van der Waals surface area (Å²) >= 11 is 7.52.